The van der Waals surface area contributed by atoms with Gasteiger partial charge in [-0.05, 0) is 0 Å². The molecular formula is C6H7FO3. The Hall–Kier alpha value is -0.480. The fraction of sp³-hybridized carbons (Fsp3) is 0.833. The Morgan fingerprint density at radius 2 is 2.40 bits per heavy atom. The maximum Gasteiger partial charge on any atom is 0.209 e. The van der Waals surface area contributed by atoms with Crippen LogP contribution in [0.25, 0.3) is 0 Å². The van der Waals surface area contributed by atoms with Crippen LogP contribution in [0.5, 0.6) is 0 Å². The van der Waals surface area contributed by atoms with Crippen LogP contribution in [0.15, 0.2) is 0 Å². The molecule has 2 rings (SSSR count). The number of hydrogen-bond acceptors (Lipinski definition) is 3. The monoisotopic (exact) mass is 146 g/mol. The first-order valence-electron chi connectivity index (χ1n) is 3.21. The number of fused-ring (bicyclic) bond motifs is 2. The molecule has 0 aliphatic carbocycles. The average molecular weight is 146 g/mol. The fourth-order valence-corrected chi connectivity index (χ4v) is 1.22. The number of ketones is 1. The zero-order valence-electron chi connectivity index (χ0n) is 5.25. The first-order valence-corrected chi connectivity index (χ1v) is 3.21. The summed E-state index contributed by atoms with van der Waals surface area (Å²) in [4.78, 5) is 10.7. The minimum absolute atomic E-state index is 0.164. The van der Waals surface area contributed by atoms with E-state index in [4.69, 9.17) is 9.47 Å². The summed E-state index contributed by atoms with van der Waals surface area (Å²) in [6.07, 6.45) is -2.49. The van der Waals surface area contributed by atoms with Gasteiger partial charge < -0.3 is 9.47 Å². The second kappa shape index (κ2) is 2.00. The Bertz CT molecular complexity index is 170. The lowest BCUT2D eigenvalue weighted by Crippen LogP contribution is -2.37. The maximum atomic E-state index is 12.7. The van der Waals surface area contributed by atoms with Gasteiger partial charge in [-0.1, -0.05) is 0 Å². The first-order chi connectivity index (χ1) is 4.77. The van der Waals surface area contributed by atoms with Gasteiger partial charge in [-0.2, -0.15) is 0 Å². The zero-order chi connectivity index (χ0) is 7.14. The van der Waals surface area contributed by atoms with Crippen LogP contribution in [0, 0.1) is 0 Å². The van der Waals surface area contributed by atoms with Crippen molar-refractivity contribution in [1.82, 2.24) is 0 Å². The predicted octanol–water partition coefficient (Wildman–Crippen LogP) is 0.0388. The minimum atomic E-state index is -1.56. The highest BCUT2D eigenvalue weighted by molar-refractivity contribution is 5.84. The van der Waals surface area contributed by atoms with Gasteiger partial charge in [0.15, 0.2) is 12.1 Å². The highest BCUT2D eigenvalue weighted by Gasteiger charge is 2.43. The van der Waals surface area contributed by atoms with Gasteiger partial charge in [-0.15, -0.1) is 0 Å². The Labute approximate surface area is 57.1 Å². The molecule has 0 amide bonds. The summed E-state index contributed by atoms with van der Waals surface area (Å²) in [6, 6.07) is 0. The number of rotatable bonds is 0. The van der Waals surface area contributed by atoms with Gasteiger partial charge in [0.05, 0.1) is 12.7 Å². The average Bonchev–Trinajstić information content (AvgIpc) is 2.29. The molecule has 0 spiro atoms. The van der Waals surface area contributed by atoms with Gasteiger partial charge in [-0.3, -0.25) is 4.79 Å². The molecule has 0 unspecified atom stereocenters. The fourth-order valence-electron chi connectivity index (χ4n) is 1.22. The Kier molecular flexibility index (Phi) is 1.25. The second-order valence-electron chi connectivity index (χ2n) is 2.53. The summed E-state index contributed by atoms with van der Waals surface area (Å²) in [6.45, 7) is 0.358. The third-order valence-electron chi connectivity index (χ3n) is 1.75. The molecular weight excluding hydrogens is 139 g/mol. The van der Waals surface area contributed by atoms with E-state index in [1.165, 1.54) is 0 Å². The number of alkyl halides is 1. The molecule has 0 saturated carbocycles. The highest BCUT2D eigenvalue weighted by atomic mass is 19.1. The van der Waals surface area contributed by atoms with E-state index in [-0.39, 0.29) is 12.5 Å². The summed E-state index contributed by atoms with van der Waals surface area (Å²) >= 11 is 0. The van der Waals surface area contributed by atoms with E-state index in [1.54, 1.807) is 0 Å². The second-order valence-corrected chi connectivity index (χ2v) is 2.53. The number of hydrogen-bond donors (Lipinski definition) is 0. The summed E-state index contributed by atoms with van der Waals surface area (Å²) < 4.78 is 22.5. The van der Waals surface area contributed by atoms with Crippen molar-refractivity contribution < 1.29 is 18.7 Å². The minimum Gasteiger partial charge on any atom is -0.347 e. The molecule has 3 atom stereocenters. The van der Waals surface area contributed by atoms with E-state index in [1.807, 2.05) is 0 Å². The van der Waals surface area contributed by atoms with Crippen molar-refractivity contribution in [3.05, 3.63) is 0 Å². The van der Waals surface area contributed by atoms with Crippen molar-refractivity contribution in [1.29, 1.82) is 0 Å². The molecule has 4 heteroatoms. The Balaban J connectivity index is 2.17. The first kappa shape index (κ1) is 6.24. The molecule has 2 aliphatic rings. The number of Topliss-reactive ketones (excluding diaryl/α,β-unsaturated/α-hetero) is 1. The van der Waals surface area contributed by atoms with Crippen LogP contribution in [0.1, 0.15) is 6.42 Å². The SMILES string of the molecule is O=C1C[C@H]2CO[C@H](O2)[C@@H]1F. The summed E-state index contributed by atoms with van der Waals surface area (Å²) in [5, 5.41) is 0. The molecule has 0 aromatic rings. The van der Waals surface area contributed by atoms with Crippen molar-refractivity contribution in [2.24, 2.45) is 0 Å². The molecule has 2 aliphatic heterocycles. The number of halogens is 1. The lowest BCUT2D eigenvalue weighted by atomic mass is 10.1. The van der Waals surface area contributed by atoms with Crippen molar-refractivity contribution in [3.63, 3.8) is 0 Å². The van der Waals surface area contributed by atoms with Gasteiger partial charge in [-0.25, -0.2) is 4.39 Å². The number of carbonyl (C=O) groups is 1. The van der Waals surface area contributed by atoms with Crippen LogP contribution < -0.4 is 0 Å². The predicted molar refractivity (Wildman–Crippen MR) is 29.1 cm³/mol. The van der Waals surface area contributed by atoms with E-state index in [2.05, 4.69) is 0 Å². The zero-order valence-corrected chi connectivity index (χ0v) is 5.25. The smallest absolute Gasteiger partial charge is 0.209 e. The van der Waals surface area contributed by atoms with Crippen molar-refractivity contribution in [3.8, 4) is 0 Å². The van der Waals surface area contributed by atoms with Gasteiger partial charge in [0.1, 0.15) is 0 Å². The molecule has 2 bridgehead atoms. The number of carbonyl (C=O) groups excluding carboxylic acids is 1. The van der Waals surface area contributed by atoms with Crippen molar-refractivity contribution >= 4 is 5.78 Å². The largest absolute Gasteiger partial charge is 0.347 e. The highest BCUT2D eigenvalue weighted by Crippen LogP contribution is 2.26. The molecule has 0 aromatic carbocycles. The van der Waals surface area contributed by atoms with E-state index in [9.17, 15) is 9.18 Å². The molecule has 0 aromatic heterocycles. The molecule has 2 fully saturated rings. The summed E-state index contributed by atoms with van der Waals surface area (Å²) in [5.41, 5.74) is 0. The third kappa shape index (κ3) is 0.759. The van der Waals surface area contributed by atoms with Crippen LogP contribution in [-0.2, 0) is 14.3 Å². The van der Waals surface area contributed by atoms with Crippen LogP contribution >= 0.6 is 0 Å². The molecule has 56 valence electrons. The molecule has 3 nitrogen and oxygen atoms in total. The molecule has 10 heavy (non-hydrogen) atoms. The maximum absolute atomic E-state index is 12.7. The topological polar surface area (TPSA) is 35.5 Å². The Morgan fingerprint density at radius 1 is 1.60 bits per heavy atom. The standard InChI is InChI=1S/C6H7FO3/c7-5-4(8)1-3-2-9-6(5)10-3/h3,5-6H,1-2H2/t3-,5+,6+/m0/s1. The molecule has 2 heterocycles. The van der Waals surface area contributed by atoms with E-state index >= 15 is 0 Å². The van der Waals surface area contributed by atoms with Gasteiger partial charge in [0, 0.05) is 6.42 Å². The summed E-state index contributed by atoms with van der Waals surface area (Å²) in [7, 11) is 0. The molecule has 0 N–H and O–H groups in total. The van der Waals surface area contributed by atoms with Crippen LogP contribution in [0.3, 0.4) is 0 Å². The van der Waals surface area contributed by atoms with E-state index in [0.29, 0.717) is 6.61 Å². The van der Waals surface area contributed by atoms with Crippen LogP contribution in [0.2, 0.25) is 0 Å². The van der Waals surface area contributed by atoms with Crippen molar-refractivity contribution in [2.45, 2.75) is 25.0 Å². The van der Waals surface area contributed by atoms with Gasteiger partial charge in [0.2, 0.25) is 6.17 Å². The normalized spacial score (nSPS) is 46.1. The van der Waals surface area contributed by atoms with Gasteiger partial charge >= 0.3 is 0 Å². The van der Waals surface area contributed by atoms with Gasteiger partial charge in [0.25, 0.3) is 0 Å². The molecule has 0 radical (unpaired) electrons. The number of ether oxygens (including phenoxy) is 2. The van der Waals surface area contributed by atoms with Crippen LogP contribution in [-0.4, -0.2) is 31.0 Å². The summed E-state index contributed by atoms with van der Waals surface area (Å²) in [5.74, 6) is -0.390. The van der Waals surface area contributed by atoms with Crippen LogP contribution in [0.4, 0.5) is 4.39 Å². The third-order valence-corrected chi connectivity index (χ3v) is 1.75. The quantitative estimate of drug-likeness (QED) is 0.484. The molecule has 2 saturated heterocycles. The lowest BCUT2D eigenvalue weighted by Gasteiger charge is -2.19. The van der Waals surface area contributed by atoms with Crippen molar-refractivity contribution in [2.75, 3.05) is 6.61 Å². The lowest BCUT2D eigenvalue weighted by molar-refractivity contribution is -0.157. The van der Waals surface area contributed by atoms with E-state index in [0.717, 1.165) is 0 Å². The van der Waals surface area contributed by atoms with E-state index < -0.39 is 18.2 Å². The Morgan fingerprint density at radius 3 is 3.20 bits per heavy atom.